The summed E-state index contributed by atoms with van der Waals surface area (Å²) in [5.41, 5.74) is 0.986. The first-order chi connectivity index (χ1) is 13.6. The van der Waals surface area contributed by atoms with Crippen molar-refractivity contribution in [1.82, 2.24) is 25.2 Å². The standard InChI is InChI=1S/C21H36N6O.HI/c1-6-9-26(10-7-2)20(18(3)4)16-23-21(22-5)27-13-11-25(12-14-27)17-19-8-15-28-24-19;/h6-8,15,18,20H,1-2,9-14,16-17H2,3-5H3,(H,22,23);1H. The fourth-order valence-corrected chi connectivity index (χ4v) is 3.66. The summed E-state index contributed by atoms with van der Waals surface area (Å²) in [6, 6.07) is 2.32. The highest BCUT2D eigenvalue weighted by Crippen LogP contribution is 2.12. The summed E-state index contributed by atoms with van der Waals surface area (Å²) in [6.07, 6.45) is 5.55. The van der Waals surface area contributed by atoms with Crippen molar-refractivity contribution in [2.24, 2.45) is 10.9 Å². The molecule has 0 bridgehead atoms. The third-order valence-corrected chi connectivity index (χ3v) is 5.20. The monoisotopic (exact) mass is 516 g/mol. The van der Waals surface area contributed by atoms with Gasteiger partial charge in [-0.05, 0) is 5.92 Å². The second-order valence-electron chi connectivity index (χ2n) is 7.52. The van der Waals surface area contributed by atoms with Gasteiger partial charge in [0.05, 0.1) is 5.69 Å². The summed E-state index contributed by atoms with van der Waals surface area (Å²) in [4.78, 5) is 11.7. The highest BCUT2D eigenvalue weighted by Gasteiger charge is 2.23. The van der Waals surface area contributed by atoms with Crippen molar-refractivity contribution >= 4 is 29.9 Å². The van der Waals surface area contributed by atoms with Crippen LogP contribution in [-0.4, -0.2) is 84.7 Å². The van der Waals surface area contributed by atoms with Crippen LogP contribution in [0.5, 0.6) is 0 Å². The van der Waals surface area contributed by atoms with Crippen molar-refractivity contribution in [3.05, 3.63) is 43.3 Å². The van der Waals surface area contributed by atoms with Gasteiger partial charge in [0.2, 0.25) is 0 Å². The Morgan fingerprint density at radius 1 is 1.28 bits per heavy atom. The van der Waals surface area contributed by atoms with Gasteiger partial charge in [-0.25, -0.2) is 0 Å². The van der Waals surface area contributed by atoms with E-state index in [1.165, 1.54) is 0 Å². The smallest absolute Gasteiger partial charge is 0.193 e. The lowest BCUT2D eigenvalue weighted by atomic mass is 10.0. The number of nitrogens with zero attached hydrogens (tertiary/aromatic N) is 5. The van der Waals surface area contributed by atoms with E-state index in [1.54, 1.807) is 6.26 Å². The van der Waals surface area contributed by atoms with Gasteiger partial charge in [0.25, 0.3) is 0 Å². The number of hydrogen-bond acceptors (Lipinski definition) is 5. The molecule has 1 unspecified atom stereocenters. The normalized spacial score (nSPS) is 16.6. The molecular weight excluding hydrogens is 479 g/mol. The van der Waals surface area contributed by atoms with E-state index in [1.807, 2.05) is 25.3 Å². The summed E-state index contributed by atoms with van der Waals surface area (Å²) >= 11 is 0. The predicted octanol–water partition coefficient (Wildman–Crippen LogP) is 2.68. The van der Waals surface area contributed by atoms with E-state index >= 15 is 0 Å². The zero-order valence-electron chi connectivity index (χ0n) is 18.1. The van der Waals surface area contributed by atoms with Crippen molar-refractivity contribution < 1.29 is 4.52 Å². The fraction of sp³-hybridized carbons (Fsp3) is 0.619. The molecule has 1 aliphatic heterocycles. The molecule has 0 amide bonds. The van der Waals surface area contributed by atoms with Gasteiger partial charge in [0.15, 0.2) is 5.96 Å². The molecule has 1 aromatic heterocycles. The summed E-state index contributed by atoms with van der Waals surface area (Å²) in [6.45, 7) is 19.6. The van der Waals surface area contributed by atoms with Gasteiger partial charge in [0, 0.05) is 71.5 Å². The van der Waals surface area contributed by atoms with Gasteiger partial charge in [-0.15, -0.1) is 37.1 Å². The molecule has 164 valence electrons. The Balaban J connectivity index is 0.00000420. The lowest BCUT2D eigenvalue weighted by Gasteiger charge is -2.38. The SMILES string of the molecule is C=CCN(CC=C)C(CNC(=NC)N1CCN(Cc2ccon2)CC1)C(C)C.I. The lowest BCUT2D eigenvalue weighted by Crippen LogP contribution is -2.55. The summed E-state index contributed by atoms with van der Waals surface area (Å²) in [5, 5.41) is 7.61. The second kappa shape index (κ2) is 13.8. The molecule has 0 spiro atoms. The molecule has 0 aromatic carbocycles. The minimum absolute atomic E-state index is 0. The van der Waals surface area contributed by atoms with E-state index in [4.69, 9.17) is 4.52 Å². The first kappa shape index (κ1) is 25.6. The van der Waals surface area contributed by atoms with E-state index in [2.05, 4.69) is 57.2 Å². The molecule has 2 rings (SSSR count). The van der Waals surface area contributed by atoms with Gasteiger partial charge >= 0.3 is 0 Å². The highest BCUT2D eigenvalue weighted by molar-refractivity contribution is 14.0. The summed E-state index contributed by atoms with van der Waals surface area (Å²) < 4.78 is 4.93. The average Bonchev–Trinajstić information content (AvgIpc) is 3.19. The number of rotatable bonds is 10. The number of guanidine groups is 1. The molecule has 0 saturated carbocycles. The van der Waals surface area contributed by atoms with Gasteiger partial charge in [0.1, 0.15) is 6.26 Å². The molecule has 29 heavy (non-hydrogen) atoms. The third kappa shape index (κ3) is 8.10. The zero-order chi connectivity index (χ0) is 20.4. The zero-order valence-corrected chi connectivity index (χ0v) is 20.4. The third-order valence-electron chi connectivity index (χ3n) is 5.20. The number of hydrogen-bond donors (Lipinski definition) is 1. The Kier molecular flexibility index (Phi) is 12.2. The molecule has 1 fully saturated rings. The van der Waals surface area contributed by atoms with Crippen molar-refractivity contribution in [3.8, 4) is 0 Å². The predicted molar refractivity (Wildman–Crippen MR) is 131 cm³/mol. The molecule has 1 aliphatic rings. The molecule has 0 aliphatic carbocycles. The van der Waals surface area contributed by atoms with Gasteiger partial charge in [-0.3, -0.25) is 14.8 Å². The quantitative estimate of drug-likeness (QED) is 0.224. The second-order valence-corrected chi connectivity index (χ2v) is 7.52. The Morgan fingerprint density at radius 2 is 1.93 bits per heavy atom. The molecule has 8 heteroatoms. The van der Waals surface area contributed by atoms with Crippen molar-refractivity contribution in [1.29, 1.82) is 0 Å². The van der Waals surface area contributed by atoms with Crippen LogP contribution in [0.25, 0.3) is 0 Å². The maximum absolute atomic E-state index is 4.93. The molecule has 1 N–H and O–H groups in total. The van der Waals surface area contributed by atoms with Crippen LogP contribution in [0.3, 0.4) is 0 Å². The minimum atomic E-state index is 0. The van der Waals surface area contributed by atoms with E-state index < -0.39 is 0 Å². The first-order valence-electron chi connectivity index (χ1n) is 10.1. The first-order valence-corrected chi connectivity index (χ1v) is 10.1. The van der Waals surface area contributed by atoms with Crippen molar-refractivity contribution in [2.75, 3.05) is 52.9 Å². The molecule has 1 atom stereocenters. The van der Waals surface area contributed by atoms with Crippen molar-refractivity contribution in [3.63, 3.8) is 0 Å². The minimum Gasteiger partial charge on any atom is -0.364 e. The van der Waals surface area contributed by atoms with Gasteiger partial charge in [-0.2, -0.15) is 0 Å². The highest BCUT2D eigenvalue weighted by atomic mass is 127. The van der Waals surface area contributed by atoms with Crippen molar-refractivity contribution in [2.45, 2.75) is 26.4 Å². The number of halogens is 1. The molecule has 1 aromatic rings. The number of piperazine rings is 1. The van der Waals surface area contributed by atoms with E-state index in [9.17, 15) is 0 Å². The Labute approximate surface area is 192 Å². The van der Waals surface area contributed by atoms with Crippen LogP contribution in [0.15, 0.2) is 47.2 Å². The Bertz CT molecular complexity index is 601. The van der Waals surface area contributed by atoms with Gasteiger partial charge < -0.3 is 14.7 Å². The van der Waals surface area contributed by atoms with Crippen LogP contribution >= 0.6 is 24.0 Å². The maximum atomic E-state index is 4.93. The largest absolute Gasteiger partial charge is 0.364 e. The lowest BCUT2D eigenvalue weighted by molar-refractivity contribution is 0.164. The van der Waals surface area contributed by atoms with Crippen LogP contribution in [-0.2, 0) is 6.54 Å². The van der Waals surface area contributed by atoms with E-state index in [-0.39, 0.29) is 24.0 Å². The number of nitrogens with one attached hydrogen (secondary N) is 1. The molecular formula is C21H37IN6O. The number of aliphatic imine (C=N–C) groups is 1. The fourth-order valence-electron chi connectivity index (χ4n) is 3.66. The topological polar surface area (TPSA) is 60.1 Å². The Morgan fingerprint density at radius 3 is 2.41 bits per heavy atom. The maximum Gasteiger partial charge on any atom is 0.193 e. The van der Waals surface area contributed by atoms with E-state index in [0.717, 1.165) is 64.0 Å². The van der Waals surface area contributed by atoms with Crippen LogP contribution in [0, 0.1) is 5.92 Å². The van der Waals surface area contributed by atoms with Crippen LogP contribution in [0.4, 0.5) is 0 Å². The molecule has 2 heterocycles. The van der Waals surface area contributed by atoms with Gasteiger partial charge in [-0.1, -0.05) is 31.2 Å². The van der Waals surface area contributed by atoms with Crippen LogP contribution < -0.4 is 5.32 Å². The van der Waals surface area contributed by atoms with Crippen LogP contribution in [0.1, 0.15) is 19.5 Å². The summed E-state index contributed by atoms with van der Waals surface area (Å²) in [7, 11) is 1.86. The average molecular weight is 516 g/mol. The van der Waals surface area contributed by atoms with Crippen LogP contribution in [0.2, 0.25) is 0 Å². The summed E-state index contributed by atoms with van der Waals surface area (Å²) in [5.74, 6) is 1.49. The molecule has 1 saturated heterocycles. The molecule has 7 nitrogen and oxygen atoms in total. The Hall–Kier alpha value is -1.39. The molecule has 0 radical (unpaired) electrons. The van der Waals surface area contributed by atoms with E-state index in [0.29, 0.717) is 12.0 Å². The number of aromatic nitrogens is 1.